The lowest BCUT2D eigenvalue weighted by Crippen LogP contribution is -2.13. The zero-order chi connectivity index (χ0) is 15.6. The lowest BCUT2D eigenvalue weighted by Gasteiger charge is -2.06. The number of nitrogens with one attached hydrogen (secondary N) is 1. The van der Waals surface area contributed by atoms with Gasteiger partial charge in [0.2, 0.25) is 0 Å². The van der Waals surface area contributed by atoms with Crippen LogP contribution in [0.4, 0.5) is 5.69 Å². The number of benzene rings is 1. The van der Waals surface area contributed by atoms with Gasteiger partial charge in [0.1, 0.15) is 5.82 Å². The smallest absolute Gasteiger partial charge is 0.280 e. The fraction of sp³-hybridized carbons (Fsp3) is 0.308. The zero-order valence-electron chi connectivity index (χ0n) is 11.6. The Kier molecular flexibility index (Phi) is 4.95. The molecule has 1 N–H and O–H groups in total. The molecule has 0 aliphatic heterocycles. The van der Waals surface area contributed by atoms with Crippen LogP contribution < -0.4 is 4.72 Å². The van der Waals surface area contributed by atoms with Crippen LogP contribution in [0.15, 0.2) is 33.9 Å². The van der Waals surface area contributed by atoms with Crippen molar-refractivity contribution in [2.24, 2.45) is 0 Å². The molecule has 21 heavy (non-hydrogen) atoms. The van der Waals surface area contributed by atoms with E-state index in [0.29, 0.717) is 21.0 Å². The Bertz CT molecular complexity index is 759. The van der Waals surface area contributed by atoms with E-state index in [1.807, 2.05) is 11.5 Å². The molecule has 0 aliphatic rings. The number of aromatic nitrogens is 2. The number of halogens is 2. The van der Waals surface area contributed by atoms with E-state index in [4.69, 9.17) is 11.6 Å². The number of hydrogen-bond acceptors (Lipinski definition) is 3. The highest BCUT2D eigenvalue weighted by Gasteiger charge is 2.19. The maximum absolute atomic E-state index is 12.3. The number of nitrogens with zero attached hydrogens (tertiary/aromatic N) is 2. The van der Waals surface area contributed by atoms with Crippen molar-refractivity contribution in [3.63, 3.8) is 0 Å². The SMILES string of the molecule is CCCn1cc(S(=O)(=O)Nc2ccc(Br)c(Cl)c2)nc1C. The van der Waals surface area contributed by atoms with Crippen molar-refractivity contribution in [3.05, 3.63) is 39.7 Å². The van der Waals surface area contributed by atoms with Crippen LogP contribution in [0.1, 0.15) is 19.2 Å². The molecule has 8 heteroatoms. The van der Waals surface area contributed by atoms with Crippen LogP contribution >= 0.6 is 27.5 Å². The highest BCUT2D eigenvalue weighted by molar-refractivity contribution is 9.10. The summed E-state index contributed by atoms with van der Waals surface area (Å²) in [6, 6.07) is 4.85. The molecule has 1 aromatic carbocycles. The largest absolute Gasteiger partial charge is 0.334 e. The summed E-state index contributed by atoms with van der Waals surface area (Å²) in [5.41, 5.74) is 0.394. The molecule has 1 heterocycles. The molecule has 0 amide bonds. The predicted molar refractivity (Wildman–Crippen MR) is 87.2 cm³/mol. The lowest BCUT2D eigenvalue weighted by atomic mass is 10.3. The Morgan fingerprint density at radius 3 is 2.76 bits per heavy atom. The van der Waals surface area contributed by atoms with Gasteiger partial charge in [-0.15, -0.1) is 0 Å². The van der Waals surface area contributed by atoms with Crippen molar-refractivity contribution < 1.29 is 8.42 Å². The quantitative estimate of drug-likeness (QED) is 0.841. The van der Waals surface area contributed by atoms with Gasteiger partial charge in [-0.2, -0.15) is 8.42 Å². The van der Waals surface area contributed by atoms with E-state index < -0.39 is 10.0 Å². The number of anilines is 1. The van der Waals surface area contributed by atoms with Crippen molar-refractivity contribution in [2.45, 2.75) is 31.8 Å². The Hall–Kier alpha value is -1.05. The van der Waals surface area contributed by atoms with E-state index in [-0.39, 0.29) is 5.03 Å². The number of hydrogen-bond donors (Lipinski definition) is 1. The Morgan fingerprint density at radius 2 is 2.14 bits per heavy atom. The molecule has 114 valence electrons. The molecule has 0 unspecified atom stereocenters. The van der Waals surface area contributed by atoms with Crippen LogP contribution in [0.5, 0.6) is 0 Å². The molecule has 2 rings (SSSR count). The minimum Gasteiger partial charge on any atom is -0.334 e. The summed E-state index contributed by atoms with van der Waals surface area (Å²) < 4.78 is 29.7. The molecule has 0 saturated heterocycles. The third-order valence-electron chi connectivity index (χ3n) is 2.87. The topological polar surface area (TPSA) is 64.0 Å². The molecule has 0 fully saturated rings. The zero-order valence-corrected chi connectivity index (χ0v) is 14.8. The van der Waals surface area contributed by atoms with Crippen LogP contribution in [0, 0.1) is 6.92 Å². The van der Waals surface area contributed by atoms with Crippen molar-refractivity contribution in [2.75, 3.05) is 4.72 Å². The third kappa shape index (κ3) is 3.78. The second kappa shape index (κ2) is 6.37. The third-order valence-corrected chi connectivity index (χ3v) is 5.35. The Balaban J connectivity index is 2.29. The summed E-state index contributed by atoms with van der Waals surface area (Å²) in [5.74, 6) is 0.672. The van der Waals surface area contributed by atoms with E-state index in [1.54, 1.807) is 31.3 Å². The predicted octanol–water partition coefficient (Wildman–Crippen LogP) is 3.82. The van der Waals surface area contributed by atoms with Gasteiger partial charge < -0.3 is 4.57 Å². The van der Waals surface area contributed by atoms with Crippen molar-refractivity contribution >= 4 is 43.2 Å². The van der Waals surface area contributed by atoms with Gasteiger partial charge in [-0.05, 0) is 47.5 Å². The summed E-state index contributed by atoms with van der Waals surface area (Å²) in [6.45, 7) is 4.54. The summed E-state index contributed by atoms with van der Waals surface area (Å²) in [6.07, 6.45) is 2.45. The van der Waals surface area contributed by atoms with Gasteiger partial charge in [-0.1, -0.05) is 18.5 Å². The van der Waals surface area contributed by atoms with E-state index in [2.05, 4.69) is 25.6 Å². The molecule has 0 bridgehead atoms. The van der Waals surface area contributed by atoms with E-state index in [9.17, 15) is 8.42 Å². The van der Waals surface area contributed by atoms with Gasteiger partial charge in [0.05, 0.1) is 10.7 Å². The van der Waals surface area contributed by atoms with E-state index >= 15 is 0 Å². The molecule has 0 atom stereocenters. The highest BCUT2D eigenvalue weighted by atomic mass is 79.9. The van der Waals surface area contributed by atoms with Crippen LogP contribution in [0.3, 0.4) is 0 Å². The summed E-state index contributed by atoms with van der Waals surface area (Å²) >= 11 is 9.22. The maximum atomic E-state index is 12.3. The van der Waals surface area contributed by atoms with Crippen LogP contribution in [-0.4, -0.2) is 18.0 Å². The molecule has 0 saturated carbocycles. The molecule has 2 aromatic rings. The molecule has 1 aromatic heterocycles. The minimum atomic E-state index is -3.72. The Labute approximate surface area is 137 Å². The Morgan fingerprint density at radius 1 is 1.43 bits per heavy atom. The first-order valence-electron chi connectivity index (χ1n) is 6.35. The number of imidazole rings is 1. The molecule has 0 radical (unpaired) electrons. The van der Waals surface area contributed by atoms with Crippen molar-refractivity contribution in [1.82, 2.24) is 9.55 Å². The van der Waals surface area contributed by atoms with Gasteiger partial charge in [-0.25, -0.2) is 4.98 Å². The fourth-order valence-electron chi connectivity index (χ4n) is 1.84. The van der Waals surface area contributed by atoms with Gasteiger partial charge in [0, 0.05) is 17.2 Å². The van der Waals surface area contributed by atoms with Gasteiger partial charge in [0.15, 0.2) is 5.03 Å². The summed E-state index contributed by atoms with van der Waals surface area (Å²) in [4.78, 5) is 4.11. The first-order chi connectivity index (χ1) is 9.83. The van der Waals surface area contributed by atoms with Crippen LogP contribution in [-0.2, 0) is 16.6 Å². The van der Waals surface area contributed by atoms with Gasteiger partial charge in [-0.3, -0.25) is 4.72 Å². The second-order valence-electron chi connectivity index (χ2n) is 4.55. The fourth-order valence-corrected chi connectivity index (χ4v) is 3.33. The summed E-state index contributed by atoms with van der Waals surface area (Å²) in [5, 5.41) is 0.440. The van der Waals surface area contributed by atoms with Crippen LogP contribution in [0.25, 0.3) is 0 Å². The number of rotatable bonds is 5. The molecule has 0 spiro atoms. The molecular formula is C13H15BrClN3O2S. The van der Waals surface area contributed by atoms with Crippen LogP contribution in [0.2, 0.25) is 5.02 Å². The monoisotopic (exact) mass is 391 g/mol. The van der Waals surface area contributed by atoms with E-state index in [0.717, 1.165) is 13.0 Å². The normalized spacial score (nSPS) is 11.6. The average molecular weight is 393 g/mol. The van der Waals surface area contributed by atoms with Gasteiger partial charge >= 0.3 is 0 Å². The van der Waals surface area contributed by atoms with Crippen molar-refractivity contribution in [3.8, 4) is 0 Å². The first-order valence-corrected chi connectivity index (χ1v) is 9.00. The van der Waals surface area contributed by atoms with Gasteiger partial charge in [0.25, 0.3) is 10.0 Å². The average Bonchev–Trinajstić information content (AvgIpc) is 2.77. The van der Waals surface area contributed by atoms with Crippen molar-refractivity contribution in [1.29, 1.82) is 0 Å². The standard InChI is InChI=1S/C13H15BrClN3O2S/c1-3-6-18-8-13(16-9(18)2)21(19,20)17-10-4-5-11(14)12(15)7-10/h4-5,7-8,17H,3,6H2,1-2H3. The minimum absolute atomic E-state index is 0.00694. The number of aryl methyl sites for hydroxylation is 2. The molecule has 5 nitrogen and oxygen atoms in total. The second-order valence-corrected chi connectivity index (χ2v) is 7.44. The lowest BCUT2D eigenvalue weighted by molar-refractivity contribution is 0.597. The summed E-state index contributed by atoms with van der Waals surface area (Å²) in [7, 11) is -3.72. The molecule has 0 aliphatic carbocycles. The van der Waals surface area contributed by atoms with E-state index in [1.165, 1.54) is 0 Å². The maximum Gasteiger partial charge on any atom is 0.280 e. The number of sulfonamides is 1. The first kappa shape index (κ1) is 16.3. The molecular weight excluding hydrogens is 378 g/mol. The highest BCUT2D eigenvalue weighted by Crippen LogP contribution is 2.26.